The van der Waals surface area contributed by atoms with Gasteiger partial charge in [0.05, 0.1) is 12.7 Å². The van der Waals surface area contributed by atoms with Crippen LogP contribution >= 0.6 is 0 Å². The van der Waals surface area contributed by atoms with E-state index in [1.807, 2.05) is 13.8 Å². The van der Waals surface area contributed by atoms with Crippen molar-refractivity contribution in [1.82, 2.24) is 5.32 Å². The summed E-state index contributed by atoms with van der Waals surface area (Å²) in [5.74, 6) is -0.230. The molecule has 4 heteroatoms. The molecule has 0 spiro atoms. The van der Waals surface area contributed by atoms with Gasteiger partial charge in [0, 0.05) is 24.8 Å². The van der Waals surface area contributed by atoms with Crippen molar-refractivity contribution < 1.29 is 14.2 Å². The lowest BCUT2D eigenvalue weighted by Crippen LogP contribution is -2.32. The Bertz CT molecular complexity index is 333. The average molecular weight is 241 g/mol. The summed E-state index contributed by atoms with van der Waals surface area (Å²) in [4.78, 5) is 0. The first-order valence-electron chi connectivity index (χ1n) is 5.88. The predicted octanol–water partition coefficient (Wildman–Crippen LogP) is 1.87. The van der Waals surface area contributed by atoms with Crippen molar-refractivity contribution in [2.75, 3.05) is 19.8 Å². The van der Waals surface area contributed by atoms with E-state index in [4.69, 9.17) is 4.74 Å². The molecule has 0 saturated heterocycles. The molecule has 3 nitrogen and oxygen atoms in total. The fourth-order valence-corrected chi connectivity index (χ4v) is 1.56. The first-order chi connectivity index (χ1) is 8.15. The van der Waals surface area contributed by atoms with E-state index in [1.165, 1.54) is 6.07 Å². The predicted molar refractivity (Wildman–Crippen MR) is 65.3 cm³/mol. The van der Waals surface area contributed by atoms with Crippen LogP contribution in [0.4, 0.5) is 4.39 Å². The van der Waals surface area contributed by atoms with Crippen molar-refractivity contribution >= 4 is 0 Å². The molecule has 0 aliphatic carbocycles. The summed E-state index contributed by atoms with van der Waals surface area (Å²) < 4.78 is 18.5. The van der Waals surface area contributed by atoms with E-state index in [-0.39, 0.29) is 11.9 Å². The number of benzene rings is 1. The van der Waals surface area contributed by atoms with Gasteiger partial charge >= 0.3 is 0 Å². The van der Waals surface area contributed by atoms with Crippen molar-refractivity contribution in [2.24, 2.45) is 0 Å². The lowest BCUT2D eigenvalue weighted by molar-refractivity contribution is 0.0416. The molecule has 1 aromatic carbocycles. The molecule has 1 rings (SSSR count). The Hall–Kier alpha value is -0.970. The number of halogens is 1. The number of ether oxygens (including phenoxy) is 1. The minimum absolute atomic E-state index is 0.132. The molecule has 17 heavy (non-hydrogen) atoms. The Kier molecular flexibility index (Phi) is 6.11. The van der Waals surface area contributed by atoms with Gasteiger partial charge in [-0.2, -0.15) is 0 Å². The van der Waals surface area contributed by atoms with Gasteiger partial charge in [-0.3, -0.25) is 0 Å². The largest absolute Gasteiger partial charge is 0.389 e. The highest BCUT2D eigenvalue weighted by Crippen LogP contribution is 2.15. The third-order valence-corrected chi connectivity index (χ3v) is 2.55. The third kappa shape index (κ3) is 4.81. The van der Waals surface area contributed by atoms with E-state index in [9.17, 15) is 9.50 Å². The van der Waals surface area contributed by atoms with Crippen LogP contribution in [0.15, 0.2) is 24.3 Å². The Morgan fingerprint density at radius 1 is 1.41 bits per heavy atom. The highest BCUT2D eigenvalue weighted by atomic mass is 19.1. The Labute approximate surface area is 102 Å². The summed E-state index contributed by atoms with van der Waals surface area (Å²) in [5.41, 5.74) is 0.608. The Morgan fingerprint density at radius 2 is 2.12 bits per heavy atom. The topological polar surface area (TPSA) is 41.5 Å². The number of aliphatic hydroxyl groups is 1. The molecule has 0 bridgehead atoms. The van der Waals surface area contributed by atoms with E-state index in [0.717, 1.165) is 0 Å². The number of aliphatic hydroxyl groups excluding tert-OH is 1. The summed E-state index contributed by atoms with van der Waals surface area (Å²) in [6.45, 7) is 5.01. The van der Waals surface area contributed by atoms with Crippen LogP contribution in [0, 0.1) is 5.82 Å². The molecule has 0 aliphatic heterocycles. The molecular weight excluding hydrogens is 221 g/mol. The van der Waals surface area contributed by atoms with Crippen LogP contribution in [0.3, 0.4) is 0 Å². The molecular formula is C13H20FNO2. The van der Waals surface area contributed by atoms with Crippen LogP contribution in [0.1, 0.15) is 25.5 Å². The molecule has 0 heterocycles. The van der Waals surface area contributed by atoms with Gasteiger partial charge < -0.3 is 15.2 Å². The van der Waals surface area contributed by atoms with Crippen molar-refractivity contribution in [3.63, 3.8) is 0 Å². The molecule has 0 amide bonds. The van der Waals surface area contributed by atoms with Gasteiger partial charge in [0.25, 0.3) is 0 Å². The molecule has 1 aromatic rings. The van der Waals surface area contributed by atoms with Crippen molar-refractivity contribution in [2.45, 2.75) is 26.0 Å². The van der Waals surface area contributed by atoms with Crippen molar-refractivity contribution in [3.05, 3.63) is 35.6 Å². The van der Waals surface area contributed by atoms with Crippen LogP contribution in [-0.4, -0.2) is 31.0 Å². The molecule has 2 N–H and O–H groups in total. The quantitative estimate of drug-likeness (QED) is 0.765. The molecule has 0 saturated carbocycles. The molecule has 0 aliphatic rings. The van der Waals surface area contributed by atoms with Crippen LogP contribution in [-0.2, 0) is 4.74 Å². The van der Waals surface area contributed by atoms with E-state index >= 15 is 0 Å². The molecule has 96 valence electrons. The zero-order valence-electron chi connectivity index (χ0n) is 10.3. The maximum Gasteiger partial charge on any atom is 0.127 e. The summed E-state index contributed by atoms with van der Waals surface area (Å²) in [5, 5.41) is 12.6. The summed E-state index contributed by atoms with van der Waals surface area (Å²) in [7, 11) is 0. The van der Waals surface area contributed by atoms with Gasteiger partial charge in [-0.1, -0.05) is 18.2 Å². The van der Waals surface area contributed by atoms with Gasteiger partial charge in [0.2, 0.25) is 0 Å². The van der Waals surface area contributed by atoms with E-state index < -0.39 is 6.10 Å². The number of rotatable bonds is 7. The lowest BCUT2D eigenvalue weighted by Gasteiger charge is -2.17. The smallest absolute Gasteiger partial charge is 0.127 e. The Morgan fingerprint density at radius 3 is 2.76 bits per heavy atom. The molecule has 0 fully saturated rings. The molecule has 0 aromatic heterocycles. The normalized spacial score (nSPS) is 14.6. The van der Waals surface area contributed by atoms with Gasteiger partial charge in [-0.15, -0.1) is 0 Å². The second kappa shape index (κ2) is 7.37. The van der Waals surface area contributed by atoms with Crippen molar-refractivity contribution in [1.29, 1.82) is 0 Å². The highest BCUT2D eigenvalue weighted by Gasteiger charge is 2.11. The Balaban J connectivity index is 2.39. The van der Waals surface area contributed by atoms with E-state index in [1.54, 1.807) is 18.2 Å². The molecule has 2 atom stereocenters. The first kappa shape index (κ1) is 14.1. The fourth-order valence-electron chi connectivity index (χ4n) is 1.56. The van der Waals surface area contributed by atoms with Gasteiger partial charge in [0.15, 0.2) is 0 Å². The van der Waals surface area contributed by atoms with Crippen LogP contribution in [0.5, 0.6) is 0 Å². The van der Waals surface area contributed by atoms with Crippen LogP contribution in [0.2, 0.25) is 0 Å². The summed E-state index contributed by atoms with van der Waals surface area (Å²) in [6.07, 6.45) is -0.566. The molecule has 0 radical (unpaired) electrons. The van der Waals surface area contributed by atoms with Gasteiger partial charge in [-0.05, 0) is 19.9 Å². The maximum atomic E-state index is 13.4. The number of hydrogen-bond donors (Lipinski definition) is 2. The monoisotopic (exact) mass is 241 g/mol. The summed E-state index contributed by atoms with van der Waals surface area (Å²) >= 11 is 0. The second-order valence-electron chi connectivity index (χ2n) is 3.96. The minimum atomic E-state index is -0.566. The fraction of sp³-hybridized carbons (Fsp3) is 0.538. The third-order valence-electron chi connectivity index (χ3n) is 2.55. The zero-order chi connectivity index (χ0) is 12.7. The SMILES string of the molecule is CCOCC(O)CNC(C)c1ccccc1F. The van der Waals surface area contributed by atoms with Crippen LogP contribution < -0.4 is 5.32 Å². The maximum absolute atomic E-state index is 13.4. The van der Waals surface area contributed by atoms with Gasteiger partial charge in [-0.25, -0.2) is 4.39 Å². The van der Waals surface area contributed by atoms with E-state index in [0.29, 0.717) is 25.3 Å². The average Bonchev–Trinajstić information content (AvgIpc) is 2.34. The van der Waals surface area contributed by atoms with Crippen LogP contribution in [0.25, 0.3) is 0 Å². The summed E-state index contributed by atoms with van der Waals surface area (Å²) in [6, 6.07) is 6.50. The molecule has 2 unspecified atom stereocenters. The standard InChI is InChI=1S/C13H20FNO2/c1-3-17-9-11(16)8-15-10(2)12-6-4-5-7-13(12)14/h4-7,10-11,15-16H,3,8-9H2,1-2H3. The van der Waals surface area contributed by atoms with Crippen molar-refractivity contribution in [3.8, 4) is 0 Å². The van der Waals surface area contributed by atoms with E-state index in [2.05, 4.69) is 5.32 Å². The second-order valence-corrected chi connectivity index (χ2v) is 3.96. The lowest BCUT2D eigenvalue weighted by atomic mass is 10.1. The minimum Gasteiger partial charge on any atom is -0.389 e. The highest BCUT2D eigenvalue weighted by molar-refractivity contribution is 5.20. The number of hydrogen-bond acceptors (Lipinski definition) is 3. The zero-order valence-corrected chi connectivity index (χ0v) is 10.3. The first-order valence-corrected chi connectivity index (χ1v) is 5.88. The van der Waals surface area contributed by atoms with Gasteiger partial charge in [0.1, 0.15) is 5.82 Å². The number of nitrogens with one attached hydrogen (secondary N) is 1.